The molecule has 2 aromatic rings. The maximum atomic E-state index is 12.5. The number of carbonyl (C=O) groups is 1. The van der Waals surface area contributed by atoms with Crippen molar-refractivity contribution in [3.8, 4) is 11.5 Å². The van der Waals surface area contributed by atoms with E-state index < -0.39 is 0 Å². The van der Waals surface area contributed by atoms with Crippen molar-refractivity contribution >= 4 is 17.8 Å². The van der Waals surface area contributed by atoms with Crippen molar-refractivity contribution in [3.05, 3.63) is 60.2 Å². The average Bonchev–Trinajstić information content (AvgIpc) is 3.35. The molecule has 4 atom stereocenters. The van der Waals surface area contributed by atoms with Crippen LogP contribution in [0.15, 0.2) is 54.6 Å². The van der Waals surface area contributed by atoms with Gasteiger partial charge >= 0.3 is 6.03 Å². The summed E-state index contributed by atoms with van der Waals surface area (Å²) in [5, 5.41) is 5.78. The third-order valence-electron chi connectivity index (χ3n) is 5.35. The molecular formula is C23H26N2O5. The summed E-state index contributed by atoms with van der Waals surface area (Å²) in [5.74, 6) is 1.36. The standard InChI is InChI=1S/C23H26N2O5/c1-27-18-10-17(11-19(12-18)28-2)24-23(26)25-20-14-30-21-16(13-29-22(20)21)9-8-15-6-4-3-5-7-15/h3-12,16,20-22H,13-14H2,1-2H3,(H2,24,25,26)/b9-8-/t16-,20+,21?,22-/m1/s1. The molecule has 4 rings (SSSR count). The molecule has 7 nitrogen and oxygen atoms in total. The maximum Gasteiger partial charge on any atom is 0.319 e. The highest BCUT2D eigenvalue weighted by atomic mass is 16.6. The van der Waals surface area contributed by atoms with E-state index in [9.17, 15) is 4.79 Å². The Morgan fingerprint density at radius 2 is 1.70 bits per heavy atom. The smallest absolute Gasteiger partial charge is 0.319 e. The Hall–Kier alpha value is -3.03. The Bertz CT molecular complexity index is 879. The van der Waals surface area contributed by atoms with Crippen molar-refractivity contribution in [2.45, 2.75) is 18.2 Å². The highest BCUT2D eigenvalue weighted by Gasteiger charge is 2.47. The second-order valence-electron chi connectivity index (χ2n) is 7.34. The summed E-state index contributed by atoms with van der Waals surface area (Å²) in [6.07, 6.45) is 3.99. The first-order valence-electron chi connectivity index (χ1n) is 9.93. The van der Waals surface area contributed by atoms with E-state index in [2.05, 4.69) is 34.9 Å². The summed E-state index contributed by atoms with van der Waals surface area (Å²) in [6.45, 7) is 0.991. The van der Waals surface area contributed by atoms with Gasteiger partial charge in [0.05, 0.1) is 39.6 Å². The van der Waals surface area contributed by atoms with E-state index in [-0.39, 0.29) is 30.2 Å². The molecule has 2 aliphatic rings. The topological polar surface area (TPSA) is 78.1 Å². The quantitative estimate of drug-likeness (QED) is 0.764. The fraction of sp³-hybridized carbons (Fsp3) is 0.348. The second kappa shape index (κ2) is 9.19. The number of fused-ring (bicyclic) bond motifs is 1. The molecule has 0 aliphatic carbocycles. The van der Waals surface area contributed by atoms with Gasteiger partial charge in [0.15, 0.2) is 0 Å². The Kier molecular flexibility index (Phi) is 6.21. The third-order valence-corrected chi connectivity index (χ3v) is 5.35. The first-order chi connectivity index (χ1) is 14.7. The highest BCUT2D eigenvalue weighted by molar-refractivity contribution is 5.90. The van der Waals surface area contributed by atoms with Crippen LogP contribution in [0.1, 0.15) is 5.56 Å². The monoisotopic (exact) mass is 410 g/mol. The first-order valence-corrected chi connectivity index (χ1v) is 9.93. The summed E-state index contributed by atoms with van der Waals surface area (Å²) >= 11 is 0. The zero-order valence-electron chi connectivity index (χ0n) is 17.0. The van der Waals surface area contributed by atoms with Crippen molar-refractivity contribution in [1.29, 1.82) is 0 Å². The van der Waals surface area contributed by atoms with Gasteiger partial charge in [-0.15, -0.1) is 0 Å². The van der Waals surface area contributed by atoms with Crippen LogP contribution in [0.3, 0.4) is 0 Å². The SMILES string of the molecule is COc1cc(NC(=O)N[C@H]2COC3[C@H](/C=C\c4ccccc4)CO[C@@H]32)cc(OC)c1. The minimum atomic E-state index is -0.327. The summed E-state index contributed by atoms with van der Waals surface area (Å²) < 4.78 is 22.4. The molecule has 0 saturated carbocycles. The minimum absolute atomic E-state index is 0.0628. The van der Waals surface area contributed by atoms with Crippen molar-refractivity contribution in [2.24, 2.45) is 5.92 Å². The van der Waals surface area contributed by atoms with Gasteiger partial charge in [0.25, 0.3) is 0 Å². The second-order valence-corrected chi connectivity index (χ2v) is 7.34. The lowest BCUT2D eigenvalue weighted by Crippen LogP contribution is -2.45. The summed E-state index contributed by atoms with van der Waals surface area (Å²) in [4.78, 5) is 12.5. The third kappa shape index (κ3) is 4.58. The molecule has 0 bridgehead atoms. The number of urea groups is 1. The summed E-state index contributed by atoms with van der Waals surface area (Å²) in [6, 6.07) is 14.8. The average molecular weight is 410 g/mol. The van der Waals surface area contributed by atoms with Gasteiger partial charge in [0.2, 0.25) is 0 Å². The zero-order chi connectivity index (χ0) is 20.9. The molecule has 2 heterocycles. The Labute approximate surface area is 176 Å². The number of benzene rings is 2. The molecule has 2 saturated heterocycles. The van der Waals surface area contributed by atoms with Gasteiger partial charge in [-0.05, 0) is 5.56 Å². The van der Waals surface area contributed by atoms with Crippen LogP contribution in [0.25, 0.3) is 6.08 Å². The molecule has 7 heteroatoms. The van der Waals surface area contributed by atoms with E-state index in [0.717, 1.165) is 5.56 Å². The lowest BCUT2D eigenvalue weighted by atomic mass is 9.99. The van der Waals surface area contributed by atoms with E-state index in [0.29, 0.717) is 30.4 Å². The Morgan fingerprint density at radius 1 is 1.00 bits per heavy atom. The van der Waals surface area contributed by atoms with Crippen molar-refractivity contribution in [3.63, 3.8) is 0 Å². The van der Waals surface area contributed by atoms with E-state index in [1.165, 1.54) is 0 Å². The Morgan fingerprint density at radius 3 is 2.40 bits per heavy atom. The fourth-order valence-electron chi connectivity index (χ4n) is 3.83. The number of hydrogen-bond acceptors (Lipinski definition) is 5. The minimum Gasteiger partial charge on any atom is -0.497 e. The number of methoxy groups -OCH3 is 2. The molecule has 2 fully saturated rings. The van der Waals surface area contributed by atoms with Gasteiger partial charge in [-0.2, -0.15) is 0 Å². The maximum absolute atomic E-state index is 12.5. The van der Waals surface area contributed by atoms with Crippen LogP contribution < -0.4 is 20.1 Å². The van der Waals surface area contributed by atoms with Crippen molar-refractivity contribution in [2.75, 3.05) is 32.8 Å². The van der Waals surface area contributed by atoms with Gasteiger partial charge in [-0.1, -0.05) is 42.5 Å². The molecule has 0 spiro atoms. The number of hydrogen-bond donors (Lipinski definition) is 2. The van der Waals surface area contributed by atoms with Gasteiger partial charge < -0.3 is 29.6 Å². The van der Waals surface area contributed by atoms with Crippen LogP contribution in [-0.4, -0.2) is 51.7 Å². The first kappa shape index (κ1) is 20.3. The molecule has 2 amide bonds. The normalized spacial score (nSPS) is 25.1. The molecule has 2 aromatic carbocycles. The summed E-state index contributed by atoms with van der Waals surface area (Å²) in [5.41, 5.74) is 1.72. The summed E-state index contributed by atoms with van der Waals surface area (Å²) in [7, 11) is 3.13. The molecular weight excluding hydrogens is 384 g/mol. The number of anilines is 1. The van der Waals surface area contributed by atoms with Gasteiger partial charge in [0, 0.05) is 29.8 Å². The molecule has 0 aromatic heterocycles. The molecule has 2 N–H and O–H groups in total. The predicted molar refractivity (Wildman–Crippen MR) is 114 cm³/mol. The van der Waals surface area contributed by atoms with Crippen molar-refractivity contribution < 1.29 is 23.7 Å². The number of amides is 2. The lowest BCUT2D eigenvalue weighted by Gasteiger charge is -2.18. The van der Waals surface area contributed by atoms with E-state index in [1.807, 2.05) is 18.2 Å². The molecule has 2 aliphatic heterocycles. The largest absolute Gasteiger partial charge is 0.497 e. The number of rotatable bonds is 6. The van der Waals surface area contributed by atoms with Crippen LogP contribution in [0.2, 0.25) is 0 Å². The number of nitrogens with one attached hydrogen (secondary N) is 2. The molecule has 1 unspecified atom stereocenters. The highest BCUT2D eigenvalue weighted by Crippen LogP contribution is 2.32. The van der Waals surface area contributed by atoms with Crippen LogP contribution in [0.5, 0.6) is 11.5 Å². The van der Waals surface area contributed by atoms with Crippen molar-refractivity contribution in [1.82, 2.24) is 5.32 Å². The van der Waals surface area contributed by atoms with E-state index in [1.54, 1.807) is 32.4 Å². The zero-order valence-corrected chi connectivity index (χ0v) is 17.0. The Balaban J connectivity index is 1.34. The van der Waals surface area contributed by atoms with Crippen LogP contribution in [0, 0.1) is 5.92 Å². The van der Waals surface area contributed by atoms with Crippen LogP contribution >= 0.6 is 0 Å². The van der Waals surface area contributed by atoms with Gasteiger partial charge in [-0.3, -0.25) is 0 Å². The van der Waals surface area contributed by atoms with Crippen LogP contribution in [-0.2, 0) is 9.47 Å². The molecule has 158 valence electrons. The number of carbonyl (C=O) groups excluding carboxylic acids is 1. The van der Waals surface area contributed by atoms with Crippen LogP contribution in [0.4, 0.5) is 10.5 Å². The lowest BCUT2D eigenvalue weighted by molar-refractivity contribution is 0.0662. The predicted octanol–water partition coefficient (Wildman–Crippen LogP) is 3.32. The van der Waals surface area contributed by atoms with E-state index >= 15 is 0 Å². The van der Waals surface area contributed by atoms with Gasteiger partial charge in [-0.25, -0.2) is 4.79 Å². The van der Waals surface area contributed by atoms with Gasteiger partial charge in [0.1, 0.15) is 17.6 Å². The molecule has 0 radical (unpaired) electrons. The molecule has 30 heavy (non-hydrogen) atoms. The number of ether oxygens (including phenoxy) is 4. The van der Waals surface area contributed by atoms with E-state index in [4.69, 9.17) is 18.9 Å². The fourth-order valence-corrected chi connectivity index (χ4v) is 3.83.